The van der Waals surface area contributed by atoms with Gasteiger partial charge in [0.05, 0.1) is 11.5 Å². The molecule has 0 unspecified atom stereocenters. The Kier molecular flexibility index (Phi) is 5.61. The lowest BCUT2D eigenvalue weighted by Gasteiger charge is -2.30. The van der Waals surface area contributed by atoms with Gasteiger partial charge in [0.1, 0.15) is 12.4 Å². The molecule has 0 bridgehead atoms. The molecule has 6 heteroatoms. The summed E-state index contributed by atoms with van der Waals surface area (Å²) in [5, 5.41) is 8.70. The largest absolute Gasteiger partial charge is 0.491 e. The predicted molar refractivity (Wildman–Crippen MR) is 80.8 cm³/mol. The minimum atomic E-state index is -3.45. The smallest absolute Gasteiger partial charge is 0.243 e. The Hall–Kier alpha value is -1.11. The molecule has 0 radical (unpaired) electrons. The monoisotopic (exact) mass is 313 g/mol. The Balaban J connectivity index is 2.10. The Labute approximate surface area is 126 Å². The first kappa shape index (κ1) is 16.3. The van der Waals surface area contributed by atoms with Crippen molar-refractivity contribution in [2.45, 2.75) is 43.0 Å². The maximum Gasteiger partial charge on any atom is 0.243 e. The predicted octanol–water partition coefficient (Wildman–Crippen LogP) is 2.01. The van der Waals surface area contributed by atoms with Crippen molar-refractivity contribution in [2.24, 2.45) is 0 Å². The fourth-order valence-corrected chi connectivity index (χ4v) is 4.09. The van der Waals surface area contributed by atoms with E-state index in [1.165, 1.54) is 10.7 Å². The molecule has 1 saturated carbocycles. The first-order chi connectivity index (χ1) is 10.1. The van der Waals surface area contributed by atoms with Crippen LogP contribution in [-0.4, -0.2) is 44.1 Å². The van der Waals surface area contributed by atoms with Gasteiger partial charge < -0.3 is 9.84 Å². The van der Waals surface area contributed by atoms with E-state index in [-0.39, 0.29) is 24.2 Å². The zero-order chi connectivity index (χ0) is 15.3. The number of aliphatic hydroxyl groups is 1. The van der Waals surface area contributed by atoms with Gasteiger partial charge in [0.25, 0.3) is 0 Å². The van der Waals surface area contributed by atoms with E-state index in [2.05, 4.69) is 0 Å². The third-order valence-electron chi connectivity index (χ3n) is 3.95. The fraction of sp³-hybridized carbons (Fsp3) is 0.600. The van der Waals surface area contributed by atoms with Gasteiger partial charge in [-0.2, -0.15) is 4.31 Å². The van der Waals surface area contributed by atoms with Crippen LogP contribution >= 0.6 is 0 Å². The SMILES string of the molecule is CN(C1CCCCC1)S(=O)(=O)c1ccc(OCCO)cc1. The number of ether oxygens (including phenoxy) is 1. The lowest BCUT2D eigenvalue weighted by atomic mass is 9.96. The number of rotatable bonds is 6. The number of hydrogen-bond donors (Lipinski definition) is 1. The van der Waals surface area contributed by atoms with Crippen LogP contribution < -0.4 is 4.74 Å². The number of sulfonamides is 1. The first-order valence-electron chi connectivity index (χ1n) is 7.37. The van der Waals surface area contributed by atoms with Crippen LogP contribution in [0.25, 0.3) is 0 Å². The maximum absolute atomic E-state index is 12.6. The number of hydrogen-bond acceptors (Lipinski definition) is 4. The van der Waals surface area contributed by atoms with E-state index in [9.17, 15) is 8.42 Å². The highest BCUT2D eigenvalue weighted by Crippen LogP contribution is 2.27. The molecule has 1 aromatic rings. The molecule has 0 atom stereocenters. The minimum absolute atomic E-state index is 0.0650. The third kappa shape index (κ3) is 3.96. The van der Waals surface area contributed by atoms with Crippen LogP contribution in [0.2, 0.25) is 0 Å². The summed E-state index contributed by atoms with van der Waals surface area (Å²) in [4.78, 5) is 0.284. The summed E-state index contributed by atoms with van der Waals surface area (Å²) >= 11 is 0. The van der Waals surface area contributed by atoms with Crippen molar-refractivity contribution in [1.29, 1.82) is 0 Å². The molecular weight excluding hydrogens is 290 g/mol. The highest BCUT2D eigenvalue weighted by atomic mass is 32.2. The van der Waals surface area contributed by atoms with Gasteiger partial charge in [-0.15, -0.1) is 0 Å². The normalized spacial score (nSPS) is 17.1. The second-order valence-corrected chi connectivity index (χ2v) is 7.35. The summed E-state index contributed by atoms with van der Waals surface area (Å²) in [5.41, 5.74) is 0. The Morgan fingerprint density at radius 1 is 1.19 bits per heavy atom. The highest BCUT2D eigenvalue weighted by molar-refractivity contribution is 7.89. The second-order valence-electron chi connectivity index (χ2n) is 5.36. The van der Waals surface area contributed by atoms with Crippen LogP contribution in [0, 0.1) is 0 Å². The van der Waals surface area contributed by atoms with Crippen molar-refractivity contribution < 1.29 is 18.3 Å². The molecule has 1 N–H and O–H groups in total. The van der Waals surface area contributed by atoms with Crippen molar-refractivity contribution in [3.05, 3.63) is 24.3 Å². The molecule has 118 valence electrons. The Morgan fingerprint density at radius 2 is 1.81 bits per heavy atom. The summed E-state index contributed by atoms with van der Waals surface area (Å²) in [6.45, 7) is 0.137. The number of nitrogens with zero attached hydrogens (tertiary/aromatic N) is 1. The van der Waals surface area contributed by atoms with Gasteiger partial charge in [-0.05, 0) is 37.1 Å². The number of benzene rings is 1. The van der Waals surface area contributed by atoms with Crippen molar-refractivity contribution in [1.82, 2.24) is 4.31 Å². The van der Waals surface area contributed by atoms with Gasteiger partial charge in [-0.3, -0.25) is 0 Å². The Bertz CT molecular complexity index is 535. The summed E-state index contributed by atoms with van der Waals surface area (Å²) < 4.78 is 32.0. The third-order valence-corrected chi connectivity index (χ3v) is 5.87. The summed E-state index contributed by atoms with van der Waals surface area (Å²) in [5.74, 6) is 0.559. The van der Waals surface area contributed by atoms with Gasteiger partial charge in [0.15, 0.2) is 0 Å². The van der Waals surface area contributed by atoms with Gasteiger partial charge in [-0.1, -0.05) is 19.3 Å². The average molecular weight is 313 g/mol. The minimum Gasteiger partial charge on any atom is -0.491 e. The van der Waals surface area contributed by atoms with E-state index in [0.717, 1.165) is 25.7 Å². The molecule has 1 aromatic carbocycles. The summed E-state index contributed by atoms with van der Waals surface area (Å²) in [6, 6.07) is 6.46. The van der Waals surface area contributed by atoms with E-state index < -0.39 is 10.0 Å². The van der Waals surface area contributed by atoms with Crippen molar-refractivity contribution >= 4 is 10.0 Å². The van der Waals surface area contributed by atoms with Crippen LogP contribution in [-0.2, 0) is 10.0 Å². The molecule has 1 fully saturated rings. The highest BCUT2D eigenvalue weighted by Gasteiger charge is 2.28. The van der Waals surface area contributed by atoms with Crippen LogP contribution in [0.3, 0.4) is 0 Å². The maximum atomic E-state index is 12.6. The average Bonchev–Trinajstić information content (AvgIpc) is 2.53. The topological polar surface area (TPSA) is 66.8 Å². The van der Waals surface area contributed by atoms with E-state index in [4.69, 9.17) is 9.84 Å². The summed E-state index contributed by atoms with van der Waals surface area (Å²) in [6.07, 6.45) is 5.26. The van der Waals surface area contributed by atoms with Crippen LogP contribution in [0.5, 0.6) is 5.75 Å². The van der Waals surface area contributed by atoms with Crippen molar-refractivity contribution in [2.75, 3.05) is 20.3 Å². The zero-order valence-corrected chi connectivity index (χ0v) is 13.2. The number of aliphatic hydroxyl groups excluding tert-OH is 1. The molecule has 0 aromatic heterocycles. The van der Waals surface area contributed by atoms with Gasteiger partial charge in [-0.25, -0.2) is 8.42 Å². The van der Waals surface area contributed by atoms with E-state index in [1.807, 2.05) is 0 Å². The lowest BCUT2D eigenvalue weighted by molar-refractivity contribution is 0.201. The van der Waals surface area contributed by atoms with Crippen molar-refractivity contribution in [3.8, 4) is 5.75 Å². The molecule has 1 aliphatic carbocycles. The van der Waals surface area contributed by atoms with E-state index in [0.29, 0.717) is 5.75 Å². The van der Waals surface area contributed by atoms with Gasteiger partial charge >= 0.3 is 0 Å². The molecule has 5 nitrogen and oxygen atoms in total. The quantitative estimate of drug-likeness (QED) is 0.872. The molecule has 0 heterocycles. The zero-order valence-electron chi connectivity index (χ0n) is 12.4. The lowest BCUT2D eigenvalue weighted by Crippen LogP contribution is -2.38. The molecule has 0 saturated heterocycles. The molecule has 1 aliphatic rings. The van der Waals surface area contributed by atoms with Crippen LogP contribution in [0.4, 0.5) is 0 Å². The van der Waals surface area contributed by atoms with Crippen LogP contribution in [0.15, 0.2) is 29.2 Å². The van der Waals surface area contributed by atoms with Crippen molar-refractivity contribution in [3.63, 3.8) is 0 Å². The molecular formula is C15H23NO4S. The molecule has 21 heavy (non-hydrogen) atoms. The molecule has 2 rings (SSSR count). The summed E-state index contributed by atoms with van der Waals surface area (Å²) in [7, 11) is -1.78. The second kappa shape index (κ2) is 7.24. The fourth-order valence-electron chi connectivity index (χ4n) is 2.68. The first-order valence-corrected chi connectivity index (χ1v) is 8.81. The molecule has 0 aliphatic heterocycles. The Morgan fingerprint density at radius 3 is 2.38 bits per heavy atom. The standard InChI is InChI=1S/C15H23NO4S/c1-16(13-5-3-2-4-6-13)21(18,19)15-9-7-14(8-10-15)20-12-11-17/h7-10,13,17H,2-6,11-12H2,1H3. The van der Waals surface area contributed by atoms with Gasteiger partial charge in [0, 0.05) is 13.1 Å². The van der Waals surface area contributed by atoms with E-state index >= 15 is 0 Å². The van der Waals surface area contributed by atoms with Crippen LogP contribution in [0.1, 0.15) is 32.1 Å². The van der Waals surface area contributed by atoms with Gasteiger partial charge in [0.2, 0.25) is 10.0 Å². The molecule has 0 amide bonds. The molecule has 0 spiro atoms. The van der Waals surface area contributed by atoms with E-state index in [1.54, 1.807) is 31.3 Å².